The van der Waals surface area contributed by atoms with Crippen LogP contribution in [0.15, 0.2) is 42.7 Å². The lowest BCUT2D eigenvalue weighted by Gasteiger charge is -2.36. The highest BCUT2D eigenvalue weighted by Crippen LogP contribution is 2.51. The van der Waals surface area contributed by atoms with E-state index in [0.29, 0.717) is 18.7 Å². The highest BCUT2D eigenvalue weighted by molar-refractivity contribution is 5.20. The van der Waals surface area contributed by atoms with E-state index in [1.165, 1.54) is 18.4 Å². The van der Waals surface area contributed by atoms with Crippen molar-refractivity contribution < 1.29 is 5.11 Å². The predicted octanol–water partition coefficient (Wildman–Crippen LogP) is 3.04. The molecule has 0 saturated carbocycles. The van der Waals surface area contributed by atoms with Crippen LogP contribution in [-0.2, 0) is 13.0 Å². The molecule has 1 N–H and O–H groups in total. The third-order valence-electron chi connectivity index (χ3n) is 6.44. The molecule has 25 heavy (non-hydrogen) atoms. The maximum atomic E-state index is 10.3. The number of aryl methyl sites for hydroxylation is 2. The van der Waals surface area contributed by atoms with Crippen LogP contribution in [0, 0.1) is 12.3 Å². The van der Waals surface area contributed by atoms with Crippen molar-refractivity contribution in [2.75, 3.05) is 13.2 Å². The number of fused-ring (bicyclic) bond motifs is 2. The molecule has 4 rings (SSSR count). The topological polar surface area (TPSA) is 41.3 Å². The van der Waals surface area contributed by atoms with Crippen molar-refractivity contribution in [3.63, 3.8) is 0 Å². The summed E-state index contributed by atoms with van der Waals surface area (Å²) in [5.41, 5.74) is 1.41. The van der Waals surface area contributed by atoms with Gasteiger partial charge in [0.25, 0.3) is 0 Å². The van der Waals surface area contributed by atoms with Crippen LogP contribution < -0.4 is 0 Å². The number of aromatic nitrogens is 2. The first-order chi connectivity index (χ1) is 12.2. The second-order valence-electron chi connectivity index (χ2n) is 7.89. The molecule has 2 fully saturated rings. The van der Waals surface area contributed by atoms with Gasteiger partial charge in [-0.25, -0.2) is 4.98 Å². The summed E-state index contributed by atoms with van der Waals surface area (Å²) in [6.45, 7) is 4.53. The van der Waals surface area contributed by atoms with Crippen LogP contribution in [0.1, 0.15) is 37.1 Å². The minimum absolute atomic E-state index is 0.0508. The Balaban J connectivity index is 1.42. The average Bonchev–Trinajstić information content (AvgIpc) is 3.30. The molecule has 2 bridgehead atoms. The number of nitrogens with zero attached hydrogens (tertiary/aromatic N) is 3. The first-order valence-electron chi connectivity index (χ1n) is 9.60. The van der Waals surface area contributed by atoms with Crippen LogP contribution in [0.4, 0.5) is 0 Å². The quantitative estimate of drug-likeness (QED) is 0.843. The molecule has 2 aromatic rings. The molecule has 1 aromatic heterocycles. The van der Waals surface area contributed by atoms with E-state index in [0.717, 1.165) is 38.2 Å². The molecule has 2 aliphatic rings. The first kappa shape index (κ1) is 16.8. The van der Waals surface area contributed by atoms with Gasteiger partial charge in [-0.1, -0.05) is 30.3 Å². The predicted molar refractivity (Wildman–Crippen MR) is 99.4 cm³/mol. The summed E-state index contributed by atoms with van der Waals surface area (Å²) >= 11 is 0. The van der Waals surface area contributed by atoms with Gasteiger partial charge in [0.1, 0.15) is 5.82 Å². The number of hydrogen-bond acceptors (Lipinski definition) is 3. The van der Waals surface area contributed by atoms with Crippen molar-refractivity contribution in [1.29, 1.82) is 0 Å². The lowest BCUT2D eigenvalue weighted by atomic mass is 9.70. The van der Waals surface area contributed by atoms with E-state index in [4.69, 9.17) is 0 Å². The molecule has 134 valence electrons. The molecule has 0 radical (unpaired) electrons. The van der Waals surface area contributed by atoms with Crippen LogP contribution in [0.5, 0.6) is 0 Å². The highest BCUT2D eigenvalue weighted by Gasteiger charge is 2.54. The number of imidazole rings is 1. The van der Waals surface area contributed by atoms with E-state index in [1.807, 2.05) is 6.20 Å². The normalized spacial score (nSPS) is 28.7. The summed E-state index contributed by atoms with van der Waals surface area (Å²) in [7, 11) is 0. The Kier molecular flexibility index (Phi) is 4.65. The maximum absolute atomic E-state index is 10.3. The number of hydrogen-bond donors (Lipinski definition) is 1. The molecular formula is C21H29N3O. The van der Waals surface area contributed by atoms with Crippen molar-refractivity contribution >= 4 is 0 Å². The lowest BCUT2D eigenvalue weighted by Crippen LogP contribution is -2.42. The van der Waals surface area contributed by atoms with E-state index in [1.54, 1.807) is 0 Å². The second-order valence-corrected chi connectivity index (χ2v) is 7.89. The van der Waals surface area contributed by atoms with E-state index in [9.17, 15) is 5.11 Å². The lowest BCUT2D eigenvalue weighted by molar-refractivity contribution is 0.0762. The fraction of sp³-hybridized carbons (Fsp3) is 0.571. The van der Waals surface area contributed by atoms with Crippen LogP contribution in [-0.4, -0.2) is 44.8 Å². The SMILES string of the molecule is Cc1nccn1CCCN1[C@@H]2CC[C@H]1[C@](CO)(Cc1ccccc1)C2. The Hall–Kier alpha value is -1.65. The molecule has 2 saturated heterocycles. The standard InChI is InChI=1S/C21H29N3O/c1-17-22-10-13-23(17)11-5-12-24-19-8-9-20(24)21(15-19,16-25)14-18-6-3-2-4-7-18/h2-4,6-7,10,13,19-20,25H,5,8-9,11-12,14-16H2,1H3/t19-,20+,21-/m1/s1. The smallest absolute Gasteiger partial charge is 0.105 e. The molecular weight excluding hydrogens is 310 g/mol. The highest BCUT2D eigenvalue weighted by atomic mass is 16.3. The molecule has 0 aliphatic carbocycles. The van der Waals surface area contributed by atoms with E-state index in [-0.39, 0.29) is 5.41 Å². The van der Waals surface area contributed by atoms with Gasteiger partial charge in [-0.05, 0) is 44.6 Å². The van der Waals surface area contributed by atoms with Gasteiger partial charge in [-0.15, -0.1) is 0 Å². The van der Waals surface area contributed by atoms with Crippen LogP contribution in [0.3, 0.4) is 0 Å². The summed E-state index contributed by atoms with van der Waals surface area (Å²) in [6.07, 6.45) is 9.78. The summed E-state index contributed by atoms with van der Waals surface area (Å²) in [6, 6.07) is 11.9. The van der Waals surface area contributed by atoms with Gasteiger partial charge in [0.05, 0.1) is 6.61 Å². The van der Waals surface area contributed by atoms with Crippen molar-refractivity contribution in [3.8, 4) is 0 Å². The summed E-state index contributed by atoms with van der Waals surface area (Å²) in [5.74, 6) is 1.10. The number of aliphatic hydroxyl groups excluding tert-OH is 1. The minimum Gasteiger partial charge on any atom is -0.396 e. The second kappa shape index (κ2) is 6.93. The molecule has 3 heterocycles. The third-order valence-corrected chi connectivity index (χ3v) is 6.44. The molecule has 0 unspecified atom stereocenters. The van der Waals surface area contributed by atoms with Crippen molar-refractivity contribution in [2.45, 2.75) is 57.7 Å². The average molecular weight is 339 g/mol. The van der Waals surface area contributed by atoms with Gasteiger partial charge in [-0.3, -0.25) is 4.90 Å². The van der Waals surface area contributed by atoms with Crippen molar-refractivity contribution in [2.24, 2.45) is 5.41 Å². The van der Waals surface area contributed by atoms with Gasteiger partial charge in [0, 0.05) is 43.0 Å². The van der Waals surface area contributed by atoms with Gasteiger partial charge in [0.2, 0.25) is 0 Å². The monoisotopic (exact) mass is 339 g/mol. The molecule has 0 spiro atoms. The van der Waals surface area contributed by atoms with Crippen molar-refractivity contribution in [1.82, 2.24) is 14.5 Å². The largest absolute Gasteiger partial charge is 0.396 e. The van der Waals surface area contributed by atoms with Crippen molar-refractivity contribution in [3.05, 3.63) is 54.1 Å². The number of rotatable bonds is 7. The fourth-order valence-electron chi connectivity index (χ4n) is 5.24. The van der Waals surface area contributed by atoms with E-state index in [2.05, 4.69) is 57.9 Å². The number of aliphatic hydroxyl groups is 1. The van der Waals surface area contributed by atoms with E-state index < -0.39 is 0 Å². The molecule has 0 amide bonds. The van der Waals surface area contributed by atoms with Gasteiger partial charge >= 0.3 is 0 Å². The van der Waals surface area contributed by atoms with Crippen LogP contribution in [0.2, 0.25) is 0 Å². The Labute approximate surface area is 150 Å². The first-order valence-corrected chi connectivity index (χ1v) is 9.60. The maximum Gasteiger partial charge on any atom is 0.105 e. The summed E-state index contributed by atoms with van der Waals surface area (Å²) in [4.78, 5) is 7.01. The van der Waals surface area contributed by atoms with Gasteiger partial charge in [0.15, 0.2) is 0 Å². The third kappa shape index (κ3) is 3.13. The molecule has 4 nitrogen and oxygen atoms in total. The Morgan fingerprint density at radius 1 is 1.20 bits per heavy atom. The zero-order valence-electron chi connectivity index (χ0n) is 15.1. The van der Waals surface area contributed by atoms with Crippen LogP contribution in [0.25, 0.3) is 0 Å². The summed E-state index contributed by atoms with van der Waals surface area (Å²) in [5, 5.41) is 10.3. The van der Waals surface area contributed by atoms with Gasteiger partial charge < -0.3 is 9.67 Å². The molecule has 3 atom stereocenters. The molecule has 4 heteroatoms. The molecule has 1 aromatic carbocycles. The Morgan fingerprint density at radius 2 is 2.04 bits per heavy atom. The minimum atomic E-state index is 0.0508. The summed E-state index contributed by atoms with van der Waals surface area (Å²) < 4.78 is 2.24. The Bertz CT molecular complexity index is 698. The Morgan fingerprint density at radius 3 is 2.76 bits per heavy atom. The zero-order chi connectivity index (χ0) is 17.3. The van der Waals surface area contributed by atoms with Crippen LogP contribution >= 0.6 is 0 Å². The molecule has 2 aliphatic heterocycles. The fourth-order valence-corrected chi connectivity index (χ4v) is 5.24. The zero-order valence-corrected chi connectivity index (χ0v) is 15.1. The number of benzene rings is 1. The van der Waals surface area contributed by atoms with Gasteiger partial charge in [-0.2, -0.15) is 0 Å². The van der Waals surface area contributed by atoms with E-state index >= 15 is 0 Å².